The molecule has 0 fully saturated rings. The van der Waals surface area contributed by atoms with Crippen LogP contribution in [-0.4, -0.2) is 15.8 Å². The third-order valence-corrected chi connectivity index (χ3v) is 3.07. The Morgan fingerprint density at radius 2 is 2.16 bits per heavy atom. The third-order valence-electron chi connectivity index (χ3n) is 3.07. The molecular formula is C14H12FN3O. The first-order valence-corrected chi connectivity index (χ1v) is 6.14. The zero-order valence-corrected chi connectivity index (χ0v) is 10.2. The van der Waals surface area contributed by atoms with E-state index in [0.717, 1.165) is 18.5 Å². The van der Waals surface area contributed by atoms with Crippen molar-refractivity contribution in [2.75, 3.05) is 5.32 Å². The molecule has 1 N–H and O–H groups in total. The van der Waals surface area contributed by atoms with Crippen molar-refractivity contribution in [3.63, 3.8) is 0 Å². The Morgan fingerprint density at radius 3 is 3.00 bits per heavy atom. The molecule has 19 heavy (non-hydrogen) atoms. The Morgan fingerprint density at radius 1 is 1.26 bits per heavy atom. The molecule has 4 nitrogen and oxygen atoms in total. The van der Waals surface area contributed by atoms with Crippen molar-refractivity contribution in [3.05, 3.63) is 47.5 Å². The van der Waals surface area contributed by atoms with E-state index in [1.807, 2.05) is 0 Å². The number of fused-ring (bicyclic) bond motifs is 1. The van der Waals surface area contributed by atoms with E-state index in [2.05, 4.69) is 15.3 Å². The lowest BCUT2D eigenvalue weighted by molar-refractivity contribution is 0.0971. The fourth-order valence-corrected chi connectivity index (χ4v) is 2.15. The molecular weight excluding hydrogens is 245 g/mol. The zero-order valence-electron chi connectivity index (χ0n) is 10.2. The van der Waals surface area contributed by atoms with Crippen LogP contribution in [0, 0.1) is 5.82 Å². The molecule has 0 amide bonds. The van der Waals surface area contributed by atoms with E-state index in [4.69, 9.17) is 0 Å². The largest absolute Gasteiger partial charge is 0.324 e. The lowest BCUT2D eigenvalue weighted by Crippen LogP contribution is -2.14. The average Bonchev–Trinajstić information content (AvgIpc) is 2.39. The average molecular weight is 257 g/mol. The highest BCUT2D eigenvalue weighted by molar-refractivity contribution is 5.97. The standard InChI is InChI=1S/C14H12FN3O/c15-9-3-1-4-10(7-9)17-14-16-8-11-12(18-14)5-2-6-13(11)19/h1,3-4,7-8H,2,5-6H2,(H,16,17,18). The summed E-state index contributed by atoms with van der Waals surface area (Å²) in [5, 5.41) is 2.94. The molecule has 1 heterocycles. The van der Waals surface area contributed by atoms with Gasteiger partial charge in [-0.1, -0.05) is 6.07 Å². The Balaban J connectivity index is 1.88. The van der Waals surface area contributed by atoms with Crippen LogP contribution in [0.5, 0.6) is 0 Å². The van der Waals surface area contributed by atoms with E-state index < -0.39 is 0 Å². The monoisotopic (exact) mass is 257 g/mol. The highest BCUT2D eigenvalue weighted by Gasteiger charge is 2.19. The number of carbonyl (C=O) groups excluding carboxylic acids is 1. The first-order chi connectivity index (χ1) is 9.22. The fraction of sp³-hybridized carbons (Fsp3) is 0.214. The van der Waals surface area contributed by atoms with Crippen molar-refractivity contribution >= 4 is 17.4 Å². The molecule has 1 aliphatic rings. The molecule has 0 radical (unpaired) electrons. The minimum Gasteiger partial charge on any atom is -0.324 e. The summed E-state index contributed by atoms with van der Waals surface area (Å²) in [6.07, 6.45) is 3.71. The molecule has 0 aliphatic heterocycles. The van der Waals surface area contributed by atoms with Gasteiger partial charge >= 0.3 is 0 Å². The molecule has 96 valence electrons. The molecule has 3 rings (SSSR count). The molecule has 5 heteroatoms. The van der Waals surface area contributed by atoms with Crippen molar-refractivity contribution < 1.29 is 9.18 Å². The normalized spacial score (nSPS) is 14.1. The van der Waals surface area contributed by atoms with Gasteiger partial charge in [0.15, 0.2) is 5.78 Å². The van der Waals surface area contributed by atoms with Gasteiger partial charge in [0.1, 0.15) is 5.82 Å². The first-order valence-electron chi connectivity index (χ1n) is 6.14. The summed E-state index contributed by atoms with van der Waals surface area (Å²) >= 11 is 0. The number of ketones is 1. The second-order valence-corrected chi connectivity index (χ2v) is 4.47. The number of Topliss-reactive ketones (excluding diaryl/α,β-unsaturated/α-hetero) is 1. The fourth-order valence-electron chi connectivity index (χ4n) is 2.15. The van der Waals surface area contributed by atoms with E-state index in [1.165, 1.54) is 12.1 Å². The number of carbonyl (C=O) groups is 1. The Bertz CT molecular complexity index is 642. The van der Waals surface area contributed by atoms with Crippen LogP contribution in [0.15, 0.2) is 30.5 Å². The second-order valence-electron chi connectivity index (χ2n) is 4.47. The van der Waals surface area contributed by atoms with Crippen LogP contribution < -0.4 is 5.32 Å². The molecule has 0 saturated carbocycles. The van der Waals surface area contributed by atoms with Crippen LogP contribution in [0.2, 0.25) is 0 Å². The first kappa shape index (κ1) is 11.8. The number of anilines is 2. The lowest BCUT2D eigenvalue weighted by Gasteiger charge is -2.14. The summed E-state index contributed by atoms with van der Waals surface area (Å²) in [5.41, 5.74) is 1.96. The van der Waals surface area contributed by atoms with Crippen LogP contribution in [-0.2, 0) is 6.42 Å². The van der Waals surface area contributed by atoms with Gasteiger partial charge in [0.05, 0.1) is 11.3 Å². The van der Waals surface area contributed by atoms with Crippen molar-refractivity contribution in [2.45, 2.75) is 19.3 Å². The predicted octanol–water partition coefficient (Wildman–Crippen LogP) is 2.88. The Kier molecular flexibility index (Phi) is 2.95. The molecule has 1 aliphatic carbocycles. The number of aromatic nitrogens is 2. The van der Waals surface area contributed by atoms with E-state index in [-0.39, 0.29) is 11.6 Å². The van der Waals surface area contributed by atoms with Crippen LogP contribution in [0.25, 0.3) is 0 Å². The van der Waals surface area contributed by atoms with Crippen molar-refractivity contribution in [1.82, 2.24) is 9.97 Å². The molecule has 0 spiro atoms. The molecule has 2 aromatic rings. The number of benzene rings is 1. The van der Waals surface area contributed by atoms with Gasteiger partial charge in [0, 0.05) is 18.3 Å². The maximum atomic E-state index is 13.1. The SMILES string of the molecule is O=C1CCCc2nc(Nc3cccc(F)c3)ncc21. The Labute approximate surface area is 109 Å². The van der Waals surface area contributed by atoms with Gasteiger partial charge in [-0.3, -0.25) is 4.79 Å². The number of hydrogen-bond acceptors (Lipinski definition) is 4. The van der Waals surface area contributed by atoms with Crippen LogP contribution >= 0.6 is 0 Å². The molecule has 0 saturated heterocycles. The summed E-state index contributed by atoms with van der Waals surface area (Å²) in [5.74, 6) is 0.163. The molecule has 0 bridgehead atoms. The molecule has 1 aromatic heterocycles. The maximum Gasteiger partial charge on any atom is 0.227 e. The third kappa shape index (κ3) is 2.45. The lowest BCUT2D eigenvalue weighted by atomic mass is 9.96. The van der Waals surface area contributed by atoms with E-state index in [0.29, 0.717) is 23.6 Å². The van der Waals surface area contributed by atoms with Gasteiger partial charge in [-0.25, -0.2) is 14.4 Å². The summed E-state index contributed by atoms with van der Waals surface area (Å²) in [4.78, 5) is 20.1. The van der Waals surface area contributed by atoms with E-state index >= 15 is 0 Å². The van der Waals surface area contributed by atoms with Crippen LogP contribution in [0.4, 0.5) is 16.0 Å². The van der Waals surface area contributed by atoms with Gasteiger partial charge in [-0.15, -0.1) is 0 Å². The topological polar surface area (TPSA) is 54.9 Å². The van der Waals surface area contributed by atoms with E-state index in [9.17, 15) is 9.18 Å². The highest BCUT2D eigenvalue weighted by Crippen LogP contribution is 2.21. The van der Waals surface area contributed by atoms with Crippen molar-refractivity contribution in [3.8, 4) is 0 Å². The second kappa shape index (κ2) is 4.76. The van der Waals surface area contributed by atoms with Crippen molar-refractivity contribution in [2.24, 2.45) is 0 Å². The summed E-state index contributed by atoms with van der Waals surface area (Å²) in [7, 11) is 0. The van der Waals surface area contributed by atoms with Gasteiger partial charge in [-0.2, -0.15) is 0 Å². The molecule has 0 unspecified atom stereocenters. The smallest absolute Gasteiger partial charge is 0.227 e. The van der Waals surface area contributed by atoms with Crippen LogP contribution in [0.3, 0.4) is 0 Å². The predicted molar refractivity (Wildman–Crippen MR) is 69.0 cm³/mol. The molecule has 1 aromatic carbocycles. The number of rotatable bonds is 2. The van der Waals surface area contributed by atoms with Crippen molar-refractivity contribution in [1.29, 1.82) is 0 Å². The minimum absolute atomic E-state index is 0.0959. The number of halogens is 1. The highest BCUT2D eigenvalue weighted by atomic mass is 19.1. The number of hydrogen-bond donors (Lipinski definition) is 1. The van der Waals surface area contributed by atoms with E-state index in [1.54, 1.807) is 18.3 Å². The zero-order chi connectivity index (χ0) is 13.2. The number of nitrogens with one attached hydrogen (secondary N) is 1. The number of aryl methyl sites for hydroxylation is 1. The van der Waals surface area contributed by atoms with Crippen LogP contribution in [0.1, 0.15) is 28.9 Å². The van der Waals surface area contributed by atoms with Gasteiger partial charge in [0.2, 0.25) is 5.95 Å². The maximum absolute atomic E-state index is 13.1. The minimum atomic E-state index is -0.321. The molecule has 0 atom stereocenters. The summed E-state index contributed by atoms with van der Waals surface area (Å²) < 4.78 is 13.1. The summed E-state index contributed by atoms with van der Waals surface area (Å²) in [6, 6.07) is 6.09. The van der Waals surface area contributed by atoms with Gasteiger partial charge in [-0.05, 0) is 31.0 Å². The number of nitrogens with zero attached hydrogens (tertiary/aromatic N) is 2. The van der Waals surface area contributed by atoms with Gasteiger partial charge < -0.3 is 5.32 Å². The summed E-state index contributed by atoms with van der Waals surface area (Å²) in [6.45, 7) is 0. The quantitative estimate of drug-likeness (QED) is 0.898. The Hall–Kier alpha value is -2.30. The van der Waals surface area contributed by atoms with Gasteiger partial charge in [0.25, 0.3) is 0 Å².